The fourth-order valence-electron chi connectivity index (χ4n) is 2.65. The van der Waals surface area contributed by atoms with Gasteiger partial charge < -0.3 is 16.0 Å². The van der Waals surface area contributed by atoms with Crippen molar-refractivity contribution >= 4 is 5.91 Å². The van der Waals surface area contributed by atoms with Gasteiger partial charge in [-0.2, -0.15) is 0 Å². The summed E-state index contributed by atoms with van der Waals surface area (Å²) in [7, 11) is 0. The molecule has 0 aliphatic carbocycles. The molecule has 0 bridgehead atoms. The minimum absolute atomic E-state index is 0.192. The number of hydrogen-bond donors (Lipinski definition) is 2. The Morgan fingerprint density at radius 1 is 1.21 bits per heavy atom. The topological polar surface area (TPSA) is 58.4 Å². The summed E-state index contributed by atoms with van der Waals surface area (Å²) in [5.41, 5.74) is 5.51. The lowest BCUT2D eigenvalue weighted by atomic mass is 10.0. The third-order valence-corrected chi connectivity index (χ3v) is 3.94. The molecule has 1 fully saturated rings. The van der Waals surface area contributed by atoms with Crippen LogP contribution >= 0.6 is 0 Å². The van der Waals surface area contributed by atoms with E-state index in [1.165, 1.54) is 25.9 Å². The molecule has 4 nitrogen and oxygen atoms in total. The molecule has 1 aliphatic rings. The molecule has 0 saturated carbocycles. The minimum Gasteiger partial charge on any atom is -0.356 e. The number of nitrogens with two attached hydrogens (primary N) is 1. The van der Waals surface area contributed by atoms with Gasteiger partial charge in [-0.15, -0.1) is 0 Å². The highest BCUT2D eigenvalue weighted by molar-refractivity contribution is 5.75. The first kappa shape index (κ1) is 16.4. The quantitative estimate of drug-likeness (QED) is 0.668. The maximum absolute atomic E-state index is 11.7. The number of hydrogen-bond acceptors (Lipinski definition) is 3. The molecule has 1 amide bonds. The minimum atomic E-state index is 0.192. The van der Waals surface area contributed by atoms with Crippen molar-refractivity contribution in [3.8, 4) is 0 Å². The lowest BCUT2D eigenvalue weighted by Crippen LogP contribution is -2.34. The Kier molecular flexibility index (Phi) is 8.07. The Balaban J connectivity index is 2.04. The van der Waals surface area contributed by atoms with Gasteiger partial charge in [-0.3, -0.25) is 4.79 Å². The summed E-state index contributed by atoms with van der Waals surface area (Å²) in [6.45, 7) is 9.48. The van der Waals surface area contributed by atoms with Crippen molar-refractivity contribution in [3.63, 3.8) is 0 Å². The number of rotatable bonds is 9. The van der Waals surface area contributed by atoms with E-state index in [0.717, 1.165) is 32.5 Å². The standard InChI is InChI=1S/C15H31N3O/c1-13(7-8-16)5-6-15(19)17-11-14(2)12-18-9-3-4-10-18/h13-14H,3-12,16H2,1-2H3,(H,17,19). The summed E-state index contributed by atoms with van der Waals surface area (Å²) < 4.78 is 0. The largest absolute Gasteiger partial charge is 0.356 e. The van der Waals surface area contributed by atoms with E-state index in [2.05, 4.69) is 24.1 Å². The van der Waals surface area contributed by atoms with Crippen LogP contribution in [0.3, 0.4) is 0 Å². The predicted molar refractivity (Wildman–Crippen MR) is 79.9 cm³/mol. The molecule has 0 radical (unpaired) electrons. The van der Waals surface area contributed by atoms with Gasteiger partial charge in [0.05, 0.1) is 0 Å². The Morgan fingerprint density at radius 2 is 1.89 bits per heavy atom. The van der Waals surface area contributed by atoms with E-state index in [4.69, 9.17) is 5.73 Å². The molecule has 0 spiro atoms. The van der Waals surface area contributed by atoms with Gasteiger partial charge in [-0.1, -0.05) is 13.8 Å². The number of likely N-dealkylation sites (tertiary alicyclic amines) is 1. The van der Waals surface area contributed by atoms with Crippen LogP contribution in [-0.4, -0.2) is 43.5 Å². The van der Waals surface area contributed by atoms with Crippen molar-refractivity contribution in [3.05, 3.63) is 0 Å². The first-order valence-corrected chi connectivity index (χ1v) is 7.81. The van der Waals surface area contributed by atoms with Crippen molar-refractivity contribution in [2.75, 3.05) is 32.7 Å². The van der Waals surface area contributed by atoms with Crippen molar-refractivity contribution in [2.24, 2.45) is 17.6 Å². The van der Waals surface area contributed by atoms with Gasteiger partial charge in [0.25, 0.3) is 0 Å². The number of nitrogens with zero attached hydrogens (tertiary/aromatic N) is 1. The van der Waals surface area contributed by atoms with Gasteiger partial charge in [-0.25, -0.2) is 0 Å². The van der Waals surface area contributed by atoms with Crippen LogP contribution in [0, 0.1) is 11.8 Å². The molecule has 1 saturated heterocycles. The fraction of sp³-hybridized carbons (Fsp3) is 0.933. The van der Waals surface area contributed by atoms with E-state index >= 15 is 0 Å². The molecule has 0 aromatic rings. The first-order chi connectivity index (χ1) is 9.11. The highest BCUT2D eigenvalue weighted by Gasteiger charge is 2.15. The highest BCUT2D eigenvalue weighted by atomic mass is 16.1. The van der Waals surface area contributed by atoms with E-state index < -0.39 is 0 Å². The van der Waals surface area contributed by atoms with Crippen molar-refractivity contribution < 1.29 is 4.79 Å². The van der Waals surface area contributed by atoms with Crippen LogP contribution in [0.25, 0.3) is 0 Å². The van der Waals surface area contributed by atoms with E-state index in [1.807, 2.05) is 0 Å². The maximum atomic E-state index is 11.7. The van der Waals surface area contributed by atoms with Crippen LogP contribution in [0.2, 0.25) is 0 Å². The lowest BCUT2D eigenvalue weighted by molar-refractivity contribution is -0.121. The lowest BCUT2D eigenvalue weighted by Gasteiger charge is -2.20. The van der Waals surface area contributed by atoms with E-state index in [1.54, 1.807) is 0 Å². The second kappa shape index (κ2) is 9.32. The molecule has 0 aromatic carbocycles. The van der Waals surface area contributed by atoms with Crippen LogP contribution < -0.4 is 11.1 Å². The fourth-order valence-corrected chi connectivity index (χ4v) is 2.65. The van der Waals surface area contributed by atoms with Gasteiger partial charge in [0.1, 0.15) is 0 Å². The van der Waals surface area contributed by atoms with E-state index in [0.29, 0.717) is 18.3 Å². The van der Waals surface area contributed by atoms with Crippen molar-refractivity contribution in [1.29, 1.82) is 0 Å². The maximum Gasteiger partial charge on any atom is 0.220 e. The normalized spacial score (nSPS) is 19.3. The smallest absolute Gasteiger partial charge is 0.220 e. The molecular weight excluding hydrogens is 238 g/mol. The Morgan fingerprint density at radius 3 is 2.53 bits per heavy atom. The van der Waals surface area contributed by atoms with Gasteiger partial charge in [0.2, 0.25) is 5.91 Å². The van der Waals surface area contributed by atoms with Gasteiger partial charge >= 0.3 is 0 Å². The molecule has 4 heteroatoms. The van der Waals surface area contributed by atoms with Crippen molar-refractivity contribution in [1.82, 2.24) is 10.2 Å². The van der Waals surface area contributed by atoms with Gasteiger partial charge in [0.15, 0.2) is 0 Å². The summed E-state index contributed by atoms with van der Waals surface area (Å²) in [6, 6.07) is 0. The second-order valence-electron chi connectivity index (χ2n) is 6.14. The number of amides is 1. The van der Waals surface area contributed by atoms with Crippen LogP contribution in [0.1, 0.15) is 46.0 Å². The number of carbonyl (C=O) groups is 1. The average molecular weight is 269 g/mol. The number of carbonyl (C=O) groups excluding carboxylic acids is 1. The molecular formula is C15H31N3O. The molecule has 19 heavy (non-hydrogen) atoms. The molecule has 1 rings (SSSR count). The van der Waals surface area contributed by atoms with Gasteiger partial charge in [-0.05, 0) is 57.2 Å². The average Bonchev–Trinajstić information content (AvgIpc) is 2.87. The summed E-state index contributed by atoms with van der Waals surface area (Å²) in [6.07, 6.45) is 5.26. The van der Waals surface area contributed by atoms with Crippen LogP contribution in [0.4, 0.5) is 0 Å². The van der Waals surface area contributed by atoms with E-state index in [9.17, 15) is 4.79 Å². The zero-order chi connectivity index (χ0) is 14.1. The molecule has 1 heterocycles. The molecule has 2 unspecified atom stereocenters. The Hall–Kier alpha value is -0.610. The monoisotopic (exact) mass is 269 g/mol. The third-order valence-electron chi connectivity index (χ3n) is 3.94. The third kappa shape index (κ3) is 7.53. The highest BCUT2D eigenvalue weighted by Crippen LogP contribution is 2.10. The summed E-state index contributed by atoms with van der Waals surface area (Å²) >= 11 is 0. The summed E-state index contributed by atoms with van der Waals surface area (Å²) in [5.74, 6) is 1.29. The number of nitrogens with one attached hydrogen (secondary N) is 1. The Labute approximate surface area is 118 Å². The van der Waals surface area contributed by atoms with Crippen LogP contribution in [-0.2, 0) is 4.79 Å². The summed E-state index contributed by atoms with van der Waals surface area (Å²) in [5, 5.41) is 3.06. The zero-order valence-electron chi connectivity index (χ0n) is 12.7. The molecule has 2 atom stereocenters. The predicted octanol–water partition coefficient (Wildman–Crippen LogP) is 1.60. The molecule has 3 N–H and O–H groups in total. The zero-order valence-corrected chi connectivity index (χ0v) is 12.7. The molecule has 1 aliphatic heterocycles. The molecule has 112 valence electrons. The SMILES string of the molecule is CC(CCN)CCC(=O)NCC(C)CN1CCCC1. The van der Waals surface area contributed by atoms with Gasteiger partial charge in [0, 0.05) is 19.5 Å². The Bertz CT molecular complexity index is 252. The van der Waals surface area contributed by atoms with Crippen LogP contribution in [0.15, 0.2) is 0 Å². The van der Waals surface area contributed by atoms with Crippen molar-refractivity contribution in [2.45, 2.75) is 46.0 Å². The summed E-state index contributed by atoms with van der Waals surface area (Å²) in [4.78, 5) is 14.2. The van der Waals surface area contributed by atoms with Crippen LogP contribution in [0.5, 0.6) is 0 Å². The second-order valence-corrected chi connectivity index (χ2v) is 6.14. The molecule has 0 aromatic heterocycles. The van der Waals surface area contributed by atoms with E-state index in [-0.39, 0.29) is 5.91 Å². The first-order valence-electron chi connectivity index (χ1n) is 7.81.